The number of hydrogen-bond donors (Lipinski definition) is 1. The highest BCUT2D eigenvalue weighted by atomic mass is 16.4. The van der Waals surface area contributed by atoms with E-state index in [1.54, 1.807) is 6.07 Å². The van der Waals surface area contributed by atoms with Gasteiger partial charge in [-0.1, -0.05) is 13.8 Å². The van der Waals surface area contributed by atoms with E-state index in [-0.39, 0.29) is 5.76 Å². The van der Waals surface area contributed by atoms with Crippen molar-refractivity contribution in [1.29, 1.82) is 0 Å². The molecular weight excluding hydrogens is 218 g/mol. The Balaban J connectivity index is 1.89. The topological polar surface area (TPSA) is 53.7 Å². The molecule has 1 N–H and O–H groups in total. The Hall–Kier alpha value is -1.29. The lowest BCUT2D eigenvalue weighted by molar-refractivity contribution is -0.0162. The van der Waals surface area contributed by atoms with Crippen LogP contribution in [0.15, 0.2) is 16.5 Å². The third-order valence-corrected chi connectivity index (χ3v) is 3.87. The fraction of sp³-hybridized carbons (Fsp3) is 0.615. The fourth-order valence-electron chi connectivity index (χ4n) is 2.51. The van der Waals surface area contributed by atoms with Crippen LogP contribution < -0.4 is 0 Å². The Morgan fingerprint density at radius 3 is 2.53 bits per heavy atom. The van der Waals surface area contributed by atoms with E-state index in [0.717, 1.165) is 25.4 Å². The largest absolute Gasteiger partial charge is 0.475 e. The van der Waals surface area contributed by atoms with Gasteiger partial charge in [-0.3, -0.25) is 4.90 Å². The highest BCUT2D eigenvalue weighted by molar-refractivity contribution is 5.84. The Morgan fingerprint density at radius 2 is 2.06 bits per heavy atom. The molecule has 1 fully saturated rings. The minimum absolute atomic E-state index is 0.0257. The molecule has 4 nitrogen and oxygen atoms in total. The molecule has 2 rings (SSSR count). The minimum Gasteiger partial charge on any atom is -0.475 e. The maximum Gasteiger partial charge on any atom is 0.371 e. The molecule has 0 aliphatic carbocycles. The number of hydrogen-bond acceptors (Lipinski definition) is 3. The number of rotatable bonds is 5. The average Bonchev–Trinajstić information content (AvgIpc) is 2.71. The highest BCUT2D eigenvalue weighted by Gasteiger charge is 2.39. The Kier molecular flexibility index (Phi) is 3.24. The van der Waals surface area contributed by atoms with Crippen LogP contribution in [0.5, 0.6) is 0 Å². The molecule has 1 aromatic heterocycles. The van der Waals surface area contributed by atoms with Crippen molar-refractivity contribution in [3.8, 4) is 0 Å². The maximum atomic E-state index is 10.7. The first-order chi connectivity index (χ1) is 8.08. The van der Waals surface area contributed by atoms with Crippen LogP contribution in [0.25, 0.3) is 0 Å². The first-order valence-electron chi connectivity index (χ1n) is 6.13. The molecule has 0 bridgehead atoms. The van der Waals surface area contributed by atoms with E-state index in [0.29, 0.717) is 5.41 Å². The molecule has 1 saturated heterocycles. The van der Waals surface area contributed by atoms with Gasteiger partial charge < -0.3 is 9.52 Å². The van der Waals surface area contributed by atoms with Gasteiger partial charge in [-0.05, 0) is 30.4 Å². The molecule has 0 aromatic carbocycles. The third kappa shape index (κ3) is 2.36. The lowest BCUT2D eigenvalue weighted by Crippen LogP contribution is -2.54. The van der Waals surface area contributed by atoms with Crippen LogP contribution in [-0.2, 0) is 6.54 Å². The molecule has 0 amide bonds. The number of nitrogens with zero attached hydrogens (tertiary/aromatic N) is 1. The van der Waals surface area contributed by atoms with E-state index < -0.39 is 5.97 Å². The van der Waals surface area contributed by atoms with Gasteiger partial charge in [-0.2, -0.15) is 0 Å². The zero-order valence-electron chi connectivity index (χ0n) is 10.4. The quantitative estimate of drug-likeness (QED) is 0.855. The number of carbonyl (C=O) groups is 1. The first kappa shape index (κ1) is 12.2. The van der Waals surface area contributed by atoms with Crippen molar-refractivity contribution in [1.82, 2.24) is 4.90 Å². The summed E-state index contributed by atoms with van der Waals surface area (Å²) >= 11 is 0. The number of carboxylic acid groups (broad SMARTS) is 1. The summed E-state index contributed by atoms with van der Waals surface area (Å²) in [6.07, 6.45) is 2.41. The lowest BCUT2D eigenvalue weighted by Gasteiger charge is -2.49. The van der Waals surface area contributed by atoms with Gasteiger partial charge in [0.25, 0.3) is 0 Å². The molecule has 17 heavy (non-hydrogen) atoms. The molecule has 2 heterocycles. The predicted octanol–water partition coefficient (Wildman–Crippen LogP) is 2.60. The second-order valence-electron chi connectivity index (χ2n) is 4.92. The third-order valence-electron chi connectivity index (χ3n) is 3.87. The van der Waals surface area contributed by atoms with Crippen LogP contribution in [0.2, 0.25) is 0 Å². The van der Waals surface area contributed by atoms with E-state index in [9.17, 15) is 4.79 Å². The number of likely N-dealkylation sites (tertiary alicyclic amines) is 1. The van der Waals surface area contributed by atoms with Crippen LogP contribution in [-0.4, -0.2) is 29.1 Å². The Labute approximate surface area is 101 Å². The van der Waals surface area contributed by atoms with Crippen molar-refractivity contribution in [2.45, 2.75) is 33.2 Å². The van der Waals surface area contributed by atoms with Crippen molar-refractivity contribution >= 4 is 5.97 Å². The van der Waals surface area contributed by atoms with Crippen molar-refractivity contribution in [2.75, 3.05) is 13.1 Å². The first-order valence-corrected chi connectivity index (χ1v) is 6.13. The molecule has 0 radical (unpaired) electrons. The van der Waals surface area contributed by atoms with Gasteiger partial charge in [-0.25, -0.2) is 4.79 Å². The number of carboxylic acids is 1. The second-order valence-corrected chi connectivity index (χ2v) is 4.92. The lowest BCUT2D eigenvalue weighted by atomic mass is 9.75. The molecule has 0 spiro atoms. The van der Waals surface area contributed by atoms with E-state index in [4.69, 9.17) is 9.52 Å². The van der Waals surface area contributed by atoms with Gasteiger partial charge in [0, 0.05) is 13.1 Å². The van der Waals surface area contributed by atoms with Crippen molar-refractivity contribution in [3.05, 3.63) is 23.7 Å². The van der Waals surface area contributed by atoms with Crippen molar-refractivity contribution < 1.29 is 14.3 Å². The van der Waals surface area contributed by atoms with Gasteiger partial charge in [0.05, 0.1) is 6.54 Å². The average molecular weight is 237 g/mol. The molecule has 4 heteroatoms. The van der Waals surface area contributed by atoms with Crippen LogP contribution in [0.1, 0.15) is 43.0 Å². The second kappa shape index (κ2) is 4.53. The van der Waals surface area contributed by atoms with Crippen LogP contribution in [0.3, 0.4) is 0 Å². The van der Waals surface area contributed by atoms with Crippen LogP contribution >= 0.6 is 0 Å². The summed E-state index contributed by atoms with van der Waals surface area (Å²) in [5, 5.41) is 8.76. The molecule has 94 valence electrons. The van der Waals surface area contributed by atoms with Gasteiger partial charge >= 0.3 is 5.97 Å². The summed E-state index contributed by atoms with van der Waals surface area (Å²) < 4.78 is 5.25. The Morgan fingerprint density at radius 1 is 1.41 bits per heavy atom. The van der Waals surface area contributed by atoms with Gasteiger partial charge in [0.15, 0.2) is 0 Å². The molecule has 0 saturated carbocycles. The van der Waals surface area contributed by atoms with Gasteiger partial charge in [-0.15, -0.1) is 0 Å². The van der Waals surface area contributed by atoms with E-state index in [2.05, 4.69) is 18.7 Å². The Bertz CT molecular complexity index is 399. The monoisotopic (exact) mass is 237 g/mol. The van der Waals surface area contributed by atoms with Crippen molar-refractivity contribution in [2.24, 2.45) is 5.41 Å². The number of aromatic carboxylic acids is 1. The normalized spacial score (nSPS) is 18.9. The number of furan rings is 1. The van der Waals surface area contributed by atoms with E-state index in [1.807, 2.05) is 0 Å². The molecular formula is C13H19NO3. The maximum absolute atomic E-state index is 10.7. The zero-order chi connectivity index (χ0) is 12.5. The summed E-state index contributed by atoms with van der Waals surface area (Å²) in [5.41, 5.74) is 0.474. The summed E-state index contributed by atoms with van der Waals surface area (Å²) in [6, 6.07) is 3.27. The fourth-order valence-corrected chi connectivity index (χ4v) is 2.51. The summed E-state index contributed by atoms with van der Waals surface area (Å²) in [7, 11) is 0. The van der Waals surface area contributed by atoms with Gasteiger partial charge in [0.1, 0.15) is 5.76 Å². The predicted molar refractivity (Wildman–Crippen MR) is 64.0 cm³/mol. The smallest absolute Gasteiger partial charge is 0.371 e. The molecule has 0 atom stereocenters. The SMILES string of the molecule is CCC1(CC)CN(Cc2ccc(C(=O)O)o2)C1. The molecule has 0 unspecified atom stereocenters. The standard InChI is InChI=1S/C13H19NO3/c1-3-13(4-2)8-14(9-13)7-10-5-6-11(17-10)12(15)16/h5-6H,3-4,7-9H2,1-2H3,(H,15,16). The van der Waals surface area contributed by atoms with E-state index >= 15 is 0 Å². The van der Waals surface area contributed by atoms with Crippen LogP contribution in [0.4, 0.5) is 0 Å². The summed E-state index contributed by atoms with van der Waals surface area (Å²) in [5.74, 6) is -0.239. The highest BCUT2D eigenvalue weighted by Crippen LogP contribution is 2.37. The molecule has 1 aliphatic heterocycles. The van der Waals surface area contributed by atoms with Gasteiger partial charge in [0.2, 0.25) is 5.76 Å². The van der Waals surface area contributed by atoms with Crippen molar-refractivity contribution in [3.63, 3.8) is 0 Å². The van der Waals surface area contributed by atoms with Crippen LogP contribution in [0, 0.1) is 5.41 Å². The minimum atomic E-state index is -1.00. The molecule has 1 aromatic rings. The zero-order valence-corrected chi connectivity index (χ0v) is 10.4. The van der Waals surface area contributed by atoms with E-state index in [1.165, 1.54) is 18.9 Å². The molecule has 1 aliphatic rings. The summed E-state index contributed by atoms with van der Waals surface area (Å²) in [4.78, 5) is 13.0. The summed E-state index contributed by atoms with van der Waals surface area (Å²) in [6.45, 7) is 7.35.